The molecule has 2 bridgehead atoms. The van der Waals surface area contributed by atoms with Crippen LogP contribution < -0.4 is 4.74 Å². The highest BCUT2D eigenvalue weighted by molar-refractivity contribution is 6.13. The van der Waals surface area contributed by atoms with Crippen LogP contribution in [0.15, 0.2) is 163 Å². The second kappa shape index (κ2) is 18.0. The van der Waals surface area contributed by atoms with Gasteiger partial charge in [0, 0.05) is 45.4 Å². The minimum absolute atomic E-state index is 0.0102. The van der Waals surface area contributed by atoms with Gasteiger partial charge in [-0.1, -0.05) is 183 Å². The molecule has 0 N–H and O–H groups in total. The molecule has 0 saturated carbocycles. The number of allylic oxidation sites excluding steroid dienone is 6. The SMILES string of the molecule is CC(C)(C)c1cc(CC2C3=[N+]4c5c(cccc52)-c2cc(C(C)(C)C)cc5c2/C(=C/C4Oc2ccccc23)CCC2=C=C5C=C(c3cccc4c5cccnc5n(-c5cc(C(C)(C)C)cc(C(C)(C)C)c5)c34)C=C2)cc(C(C)(C)C)c1. The van der Waals surface area contributed by atoms with Crippen LogP contribution in [0.3, 0.4) is 0 Å². The molecule has 4 nitrogen and oxygen atoms in total. The van der Waals surface area contributed by atoms with E-state index in [-0.39, 0.29) is 39.2 Å². The third kappa shape index (κ3) is 8.64. The third-order valence-corrected chi connectivity index (χ3v) is 17.8. The van der Waals surface area contributed by atoms with Crippen molar-refractivity contribution >= 4 is 50.1 Å². The van der Waals surface area contributed by atoms with Crippen LogP contribution in [0.2, 0.25) is 0 Å². The lowest BCUT2D eigenvalue weighted by atomic mass is 9.76. The molecule has 3 aliphatic heterocycles. The Balaban J connectivity index is 1.05. The lowest BCUT2D eigenvalue weighted by Crippen LogP contribution is -2.37. The van der Waals surface area contributed by atoms with Crippen LogP contribution in [0.25, 0.3) is 55.5 Å². The van der Waals surface area contributed by atoms with E-state index in [0.29, 0.717) is 0 Å². The van der Waals surface area contributed by atoms with Crippen LogP contribution >= 0.6 is 0 Å². The number of hydrogen-bond acceptors (Lipinski definition) is 2. The number of rotatable bonds is 4. The summed E-state index contributed by atoms with van der Waals surface area (Å²) in [6, 6.07) is 46.8. The Bertz CT molecular complexity index is 4110. The highest BCUT2D eigenvalue weighted by Gasteiger charge is 2.50. The topological polar surface area (TPSA) is 30.1 Å². The molecular formula is C76H78N3O+. The highest BCUT2D eigenvalue weighted by Crippen LogP contribution is 2.54. The quantitative estimate of drug-likeness (QED) is 0.130. The fourth-order valence-corrected chi connectivity index (χ4v) is 13.2. The highest BCUT2D eigenvalue weighted by atomic mass is 16.5. The summed E-state index contributed by atoms with van der Waals surface area (Å²) in [6.07, 6.45) is 13.8. The van der Waals surface area contributed by atoms with Crippen molar-refractivity contribution in [2.75, 3.05) is 0 Å². The average molecular weight is 1050 g/mol. The van der Waals surface area contributed by atoms with Crippen LogP contribution in [0.5, 0.6) is 5.75 Å². The number of hydrogen-bond donors (Lipinski definition) is 0. The van der Waals surface area contributed by atoms with E-state index in [2.05, 4.69) is 264 Å². The van der Waals surface area contributed by atoms with Crippen molar-refractivity contribution < 1.29 is 9.31 Å². The van der Waals surface area contributed by atoms with Crippen molar-refractivity contribution in [2.24, 2.45) is 0 Å². The Hall–Kier alpha value is -7.52. The molecule has 0 spiro atoms. The summed E-state index contributed by atoms with van der Waals surface area (Å²) < 4.78 is 12.4. The first-order valence-corrected chi connectivity index (χ1v) is 29.3. The molecule has 13 rings (SSSR count). The third-order valence-electron chi connectivity index (χ3n) is 17.8. The van der Waals surface area contributed by atoms with E-state index in [1.54, 1.807) is 0 Å². The minimum Gasteiger partial charge on any atom is -0.429 e. The normalized spacial score (nSPS) is 18.4. The predicted octanol–water partition coefficient (Wildman–Crippen LogP) is 19.3. The van der Waals surface area contributed by atoms with Gasteiger partial charge in [-0.3, -0.25) is 4.57 Å². The van der Waals surface area contributed by atoms with Gasteiger partial charge >= 0.3 is 6.23 Å². The van der Waals surface area contributed by atoms with Crippen LogP contribution in [-0.4, -0.2) is 26.1 Å². The molecule has 5 aliphatic rings. The standard InChI is InChI=1S/C76H78N3O/c1-72(2,3)50-34-46(35-51(39-50)73(4,5)6)36-64-59-25-19-24-58-63-44-54(76(13,14)15)43-62-49-33-45(29-31-48(67(62)63)38-66-79(69(58)59)70(64)61-21-16-17-27-65(61)80-66)28-30-47(37-49)56-22-18-23-57-60-26-20-32-77-71(60)78(68(56)57)55-41-52(74(7,8)9)40-53(42-55)75(10,11)12/h16-28,30,32,34-35,37-44,64,66H,29,31,36H2,1-15H3/q+1/b48-38+. The van der Waals surface area contributed by atoms with Gasteiger partial charge in [0.2, 0.25) is 11.4 Å². The molecular weight excluding hydrogens is 971 g/mol. The number of pyridine rings is 1. The van der Waals surface area contributed by atoms with Crippen LogP contribution in [0.4, 0.5) is 5.69 Å². The molecule has 2 atom stereocenters. The summed E-state index contributed by atoms with van der Waals surface area (Å²) >= 11 is 0. The van der Waals surface area contributed by atoms with Crippen molar-refractivity contribution in [3.05, 3.63) is 224 Å². The fraction of sp³-hybridized carbons (Fsp3) is 0.329. The predicted molar refractivity (Wildman–Crippen MR) is 336 cm³/mol. The summed E-state index contributed by atoms with van der Waals surface area (Å²) in [5, 5.41) is 2.34. The Labute approximate surface area is 475 Å². The van der Waals surface area contributed by atoms with Gasteiger partial charge in [0.1, 0.15) is 11.4 Å². The Morgan fingerprint density at radius 1 is 0.575 bits per heavy atom. The van der Waals surface area contributed by atoms with Crippen LogP contribution in [-0.2, 0) is 33.5 Å². The average Bonchev–Trinajstić information content (AvgIpc) is 4.05. The molecule has 2 aliphatic carbocycles. The van der Waals surface area contributed by atoms with Gasteiger partial charge in [0.15, 0.2) is 0 Å². The zero-order chi connectivity index (χ0) is 56.2. The van der Waals surface area contributed by atoms with Crippen molar-refractivity contribution in [2.45, 2.75) is 162 Å². The van der Waals surface area contributed by atoms with E-state index < -0.39 is 0 Å². The zero-order valence-corrected chi connectivity index (χ0v) is 50.0. The first kappa shape index (κ1) is 51.9. The fourth-order valence-electron chi connectivity index (χ4n) is 13.2. The van der Waals surface area contributed by atoms with Gasteiger partial charge in [-0.15, -0.1) is 5.73 Å². The molecule has 4 heteroatoms. The second-order valence-electron chi connectivity index (χ2n) is 28.7. The lowest BCUT2D eigenvalue weighted by Gasteiger charge is -2.30. The Morgan fingerprint density at radius 3 is 1.86 bits per heavy atom. The summed E-state index contributed by atoms with van der Waals surface area (Å²) in [4.78, 5) is 5.17. The Kier molecular flexibility index (Phi) is 11.7. The van der Waals surface area contributed by atoms with Crippen molar-refractivity contribution in [1.82, 2.24) is 9.55 Å². The summed E-state index contributed by atoms with van der Waals surface area (Å²) in [7, 11) is 0. The molecule has 2 aromatic heterocycles. The molecule has 80 heavy (non-hydrogen) atoms. The van der Waals surface area contributed by atoms with E-state index in [4.69, 9.17) is 9.72 Å². The molecule has 0 saturated heterocycles. The van der Waals surface area contributed by atoms with Gasteiger partial charge in [0.05, 0.1) is 22.6 Å². The van der Waals surface area contributed by atoms with Gasteiger partial charge < -0.3 is 4.74 Å². The van der Waals surface area contributed by atoms with Gasteiger partial charge in [-0.25, -0.2) is 4.98 Å². The van der Waals surface area contributed by atoms with E-state index in [1.165, 1.54) is 100 Å². The monoisotopic (exact) mass is 1050 g/mol. The molecule has 0 amide bonds. The molecule has 5 heterocycles. The molecule has 6 aromatic carbocycles. The molecule has 0 radical (unpaired) electrons. The lowest BCUT2D eigenvalue weighted by molar-refractivity contribution is -0.513. The smallest absolute Gasteiger partial charge is 0.323 e. The molecule has 0 fully saturated rings. The zero-order valence-electron chi connectivity index (χ0n) is 50.0. The van der Waals surface area contributed by atoms with Gasteiger partial charge in [-0.2, -0.15) is 4.58 Å². The summed E-state index contributed by atoms with van der Waals surface area (Å²) in [5.74, 6) is 1.05. The number of aromatic nitrogens is 2. The first-order valence-electron chi connectivity index (χ1n) is 29.3. The number of ether oxygens (including phenoxy) is 1. The molecule has 8 aromatic rings. The van der Waals surface area contributed by atoms with E-state index in [1.807, 2.05) is 6.20 Å². The van der Waals surface area contributed by atoms with Crippen molar-refractivity contribution in [1.29, 1.82) is 0 Å². The first-order chi connectivity index (χ1) is 37.8. The maximum atomic E-state index is 7.34. The maximum absolute atomic E-state index is 7.34. The van der Waals surface area contributed by atoms with Crippen molar-refractivity contribution in [3.63, 3.8) is 0 Å². The minimum atomic E-state index is -0.344. The van der Waals surface area contributed by atoms with E-state index in [9.17, 15) is 0 Å². The van der Waals surface area contributed by atoms with Crippen LogP contribution in [0.1, 0.15) is 184 Å². The van der Waals surface area contributed by atoms with E-state index >= 15 is 0 Å². The second-order valence-corrected chi connectivity index (χ2v) is 28.7. The van der Waals surface area contributed by atoms with Gasteiger partial charge in [-0.05, 0) is 174 Å². The molecule has 2 unspecified atom stereocenters. The number of para-hydroxylation sites is 3. The summed E-state index contributed by atoms with van der Waals surface area (Å²) in [5.41, 5.74) is 31.4. The number of benzene rings is 6. The number of fused-ring (bicyclic) bond motifs is 7. The Morgan fingerprint density at radius 2 is 1.18 bits per heavy atom. The largest absolute Gasteiger partial charge is 0.429 e. The van der Waals surface area contributed by atoms with Crippen LogP contribution in [0, 0.1) is 0 Å². The molecule has 402 valence electrons. The summed E-state index contributed by atoms with van der Waals surface area (Å²) in [6.45, 7) is 35.1. The van der Waals surface area contributed by atoms with E-state index in [0.717, 1.165) is 58.4 Å². The maximum Gasteiger partial charge on any atom is 0.323 e. The van der Waals surface area contributed by atoms with Gasteiger partial charge in [0.25, 0.3) is 0 Å². The number of nitrogens with zero attached hydrogens (tertiary/aromatic N) is 3. The van der Waals surface area contributed by atoms with Crippen molar-refractivity contribution in [3.8, 4) is 22.6 Å².